The number of benzene rings is 2. The van der Waals surface area contributed by atoms with Crippen LogP contribution in [0.15, 0.2) is 47.6 Å². The second kappa shape index (κ2) is 10.7. The van der Waals surface area contributed by atoms with Gasteiger partial charge in [-0.25, -0.2) is 0 Å². The number of H-pyrrole nitrogens is 1. The topological polar surface area (TPSA) is 90.9 Å². The molecule has 0 saturated carbocycles. The van der Waals surface area contributed by atoms with Crippen LogP contribution in [0.4, 0.5) is 0 Å². The molecule has 0 amide bonds. The molecule has 4 N–H and O–H groups in total. The number of methoxy groups -OCH3 is 2. The molecular formula is C24H32N4O3. The molecule has 166 valence electrons. The first kappa shape index (κ1) is 22.5. The first-order valence-electron chi connectivity index (χ1n) is 10.5. The summed E-state index contributed by atoms with van der Waals surface area (Å²) in [5, 5.41) is 18.5. The second-order valence-corrected chi connectivity index (χ2v) is 7.34. The van der Waals surface area contributed by atoms with E-state index in [9.17, 15) is 5.11 Å². The Morgan fingerprint density at radius 2 is 1.94 bits per heavy atom. The Hall–Kier alpha value is -3.19. The zero-order valence-electron chi connectivity index (χ0n) is 18.7. The number of aliphatic hydroxyl groups excluding tert-OH is 1. The van der Waals surface area contributed by atoms with Crippen LogP contribution in [-0.2, 0) is 6.42 Å². The molecule has 1 atom stereocenters. The third-order valence-corrected chi connectivity index (χ3v) is 5.24. The third kappa shape index (κ3) is 5.49. The lowest BCUT2D eigenvalue weighted by Gasteiger charge is -2.15. The molecule has 1 unspecified atom stereocenters. The first-order valence-corrected chi connectivity index (χ1v) is 10.5. The Labute approximate surface area is 183 Å². The van der Waals surface area contributed by atoms with Crippen LogP contribution in [0, 0.1) is 6.92 Å². The number of ether oxygens (including phenoxy) is 2. The molecule has 0 aliphatic heterocycles. The Morgan fingerprint density at radius 3 is 2.68 bits per heavy atom. The second-order valence-electron chi connectivity index (χ2n) is 7.34. The maximum atomic E-state index is 10.6. The molecular weight excluding hydrogens is 392 g/mol. The van der Waals surface area contributed by atoms with Gasteiger partial charge in [0.2, 0.25) is 0 Å². The lowest BCUT2D eigenvalue weighted by atomic mass is 10.1. The van der Waals surface area contributed by atoms with Crippen LogP contribution in [0.5, 0.6) is 11.5 Å². The van der Waals surface area contributed by atoms with Crippen molar-refractivity contribution in [2.45, 2.75) is 26.4 Å². The number of rotatable bonds is 9. The fourth-order valence-electron chi connectivity index (χ4n) is 3.65. The lowest BCUT2D eigenvalue weighted by molar-refractivity contribution is 0.186. The highest BCUT2D eigenvalue weighted by molar-refractivity contribution is 5.86. The van der Waals surface area contributed by atoms with Gasteiger partial charge in [0.1, 0.15) is 0 Å². The summed E-state index contributed by atoms with van der Waals surface area (Å²) in [7, 11) is 3.17. The molecule has 0 aliphatic rings. The molecule has 7 heteroatoms. The molecule has 31 heavy (non-hydrogen) atoms. The maximum absolute atomic E-state index is 10.6. The van der Waals surface area contributed by atoms with E-state index >= 15 is 0 Å². The number of aromatic amines is 1. The van der Waals surface area contributed by atoms with Crippen molar-refractivity contribution in [3.63, 3.8) is 0 Å². The van der Waals surface area contributed by atoms with Crippen molar-refractivity contribution in [2.75, 3.05) is 33.9 Å². The molecule has 3 rings (SSSR count). The molecule has 0 saturated heterocycles. The molecule has 2 aromatic carbocycles. The van der Waals surface area contributed by atoms with E-state index < -0.39 is 6.10 Å². The summed E-state index contributed by atoms with van der Waals surface area (Å²) in [6.45, 7) is 5.86. The van der Waals surface area contributed by atoms with E-state index in [0.717, 1.165) is 30.6 Å². The fraction of sp³-hybridized carbons (Fsp3) is 0.375. The van der Waals surface area contributed by atoms with Gasteiger partial charge in [-0.1, -0.05) is 18.2 Å². The van der Waals surface area contributed by atoms with E-state index in [2.05, 4.69) is 51.9 Å². The summed E-state index contributed by atoms with van der Waals surface area (Å²) in [5.74, 6) is 1.89. The number of aliphatic imine (C=N–C) groups is 1. The van der Waals surface area contributed by atoms with Crippen LogP contribution in [0.1, 0.15) is 29.7 Å². The number of aryl methyl sites for hydroxylation is 1. The standard InChI is InChI=1S/C24H32N4O3/c1-5-25-24(26-12-11-18-14-27-19-8-6-7-16(2)23(18)19)28-15-20(29)17-9-10-21(30-3)22(13-17)31-4/h6-10,13-14,20,27,29H,5,11-12,15H2,1-4H3,(H2,25,26,28). The molecule has 3 aromatic rings. The van der Waals surface area contributed by atoms with Gasteiger partial charge in [0.15, 0.2) is 17.5 Å². The van der Waals surface area contributed by atoms with Gasteiger partial charge in [-0.2, -0.15) is 0 Å². The monoisotopic (exact) mass is 424 g/mol. The zero-order valence-corrected chi connectivity index (χ0v) is 18.7. The highest BCUT2D eigenvalue weighted by Gasteiger charge is 2.12. The number of guanidine groups is 1. The Kier molecular flexibility index (Phi) is 7.78. The Morgan fingerprint density at radius 1 is 1.13 bits per heavy atom. The zero-order chi connectivity index (χ0) is 22.2. The van der Waals surface area contributed by atoms with Crippen molar-refractivity contribution >= 4 is 16.9 Å². The molecule has 0 fully saturated rings. The predicted octanol–water partition coefficient (Wildman–Crippen LogP) is 3.32. The van der Waals surface area contributed by atoms with Crippen LogP contribution in [0.25, 0.3) is 10.9 Å². The van der Waals surface area contributed by atoms with Gasteiger partial charge in [-0.05, 0) is 55.2 Å². The SMILES string of the molecule is CCNC(=NCC(O)c1ccc(OC)c(OC)c1)NCCc1c[nH]c2cccc(C)c12. The third-order valence-electron chi connectivity index (χ3n) is 5.24. The number of hydrogen-bond donors (Lipinski definition) is 4. The highest BCUT2D eigenvalue weighted by Crippen LogP contribution is 2.30. The summed E-state index contributed by atoms with van der Waals surface area (Å²) >= 11 is 0. The van der Waals surface area contributed by atoms with E-state index in [-0.39, 0.29) is 6.54 Å². The van der Waals surface area contributed by atoms with Crippen LogP contribution in [-0.4, -0.2) is 49.9 Å². The minimum atomic E-state index is -0.744. The molecule has 7 nitrogen and oxygen atoms in total. The largest absolute Gasteiger partial charge is 0.493 e. The van der Waals surface area contributed by atoms with E-state index in [4.69, 9.17) is 9.47 Å². The number of nitrogens with zero attached hydrogens (tertiary/aromatic N) is 1. The Balaban J connectivity index is 1.62. The highest BCUT2D eigenvalue weighted by atomic mass is 16.5. The van der Waals surface area contributed by atoms with Crippen LogP contribution >= 0.6 is 0 Å². The lowest BCUT2D eigenvalue weighted by Crippen LogP contribution is -2.38. The van der Waals surface area contributed by atoms with E-state index in [1.807, 2.05) is 13.0 Å². The predicted molar refractivity (Wildman–Crippen MR) is 125 cm³/mol. The minimum Gasteiger partial charge on any atom is -0.493 e. The van der Waals surface area contributed by atoms with Gasteiger partial charge in [0.25, 0.3) is 0 Å². The van der Waals surface area contributed by atoms with Gasteiger partial charge in [-0.3, -0.25) is 4.99 Å². The van der Waals surface area contributed by atoms with Crippen molar-refractivity contribution in [1.29, 1.82) is 0 Å². The quantitative estimate of drug-likeness (QED) is 0.312. The van der Waals surface area contributed by atoms with Crippen molar-refractivity contribution in [2.24, 2.45) is 4.99 Å². The molecule has 0 aliphatic carbocycles. The molecule has 0 bridgehead atoms. The molecule has 0 spiro atoms. The van der Waals surface area contributed by atoms with Gasteiger partial charge in [-0.15, -0.1) is 0 Å². The summed E-state index contributed by atoms with van der Waals surface area (Å²) in [5.41, 5.74) is 4.44. The fourth-order valence-corrected chi connectivity index (χ4v) is 3.65. The van der Waals surface area contributed by atoms with Crippen LogP contribution in [0.3, 0.4) is 0 Å². The number of aliphatic hydroxyl groups is 1. The average Bonchev–Trinajstić information content (AvgIpc) is 3.21. The number of nitrogens with one attached hydrogen (secondary N) is 3. The van der Waals surface area contributed by atoms with Crippen LogP contribution in [0.2, 0.25) is 0 Å². The smallest absolute Gasteiger partial charge is 0.191 e. The molecule has 0 radical (unpaired) electrons. The average molecular weight is 425 g/mol. The van der Waals surface area contributed by atoms with Crippen molar-refractivity contribution < 1.29 is 14.6 Å². The minimum absolute atomic E-state index is 0.233. The summed E-state index contributed by atoms with van der Waals surface area (Å²) < 4.78 is 10.6. The van der Waals surface area contributed by atoms with Crippen LogP contribution < -0.4 is 20.1 Å². The van der Waals surface area contributed by atoms with Gasteiger partial charge in [0, 0.05) is 30.2 Å². The van der Waals surface area contributed by atoms with Gasteiger partial charge >= 0.3 is 0 Å². The van der Waals surface area contributed by atoms with E-state index in [1.165, 1.54) is 16.5 Å². The molecule has 1 heterocycles. The summed E-state index contributed by atoms with van der Waals surface area (Å²) in [4.78, 5) is 7.89. The van der Waals surface area contributed by atoms with E-state index in [0.29, 0.717) is 17.5 Å². The summed E-state index contributed by atoms with van der Waals surface area (Å²) in [6.07, 6.45) is 2.20. The Bertz CT molecular complexity index is 1030. The van der Waals surface area contributed by atoms with Crippen molar-refractivity contribution in [3.05, 3.63) is 59.3 Å². The number of aromatic nitrogens is 1. The van der Waals surface area contributed by atoms with Gasteiger partial charge < -0.3 is 30.2 Å². The van der Waals surface area contributed by atoms with Crippen molar-refractivity contribution in [1.82, 2.24) is 15.6 Å². The number of hydrogen-bond acceptors (Lipinski definition) is 4. The van der Waals surface area contributed by atoms with Crippen molar-refractivity contribution in [3.8, 4) is 11.5 Å². The summed E-state index contributed by atoms with van der Waals surface area (Å²) in [6, 6.07) is 11.7. The maximum Gasteiger partial charge on any atom is 0.191 e. The molecule has 1 aromatic heterocycles. The first-order chi connectivity index (χ1) is 15.1. The normalized spacial score (nSPS) is 12.6. The number of fused-ring (bicyclic) bond motifs is 1. The van der Waals surface area contributed by atoms with E-state index in [1.54, 1.807) is 26.4 Å². The van der Waals surface area contributed by atoms with Gasteiger partial charge in [0.05, 0.1) is 26.9 Å².